The zero-order chi connectivity index (χ0) is 12.1. The minimum absolute atomic E-state index is 0.346. The van der Waals surface area contributed by atoms with Crippen molar-refractivity contribution in [3.05, 3.63) is 29.6 Å². The van der Waals surface area contributed by atoms with Gasteiger partial charge in [0, 0.05) is 12.8 Å². The number of aliphatic hydroxyl groups is 1. The first-order valence-electron chi connectivity index (χ1n) is 6.54. The van der Waals surface area contributed by atoms with Crippen LogP contribution in [0, 0.1) is 0 Å². The van der Waals surface area contributed by atoms with Crippen LogP contribution in [-0.4, -0.2) is 22.8 Å². The molecule has 1 aromatic heterocycles. The standard InChI is InChI=1S/C14H21NO2/c1-2-11-5-3-9-15-14(11)13(16)8-7-12-6-4-10-17-12/h3,5,9,12-13,16H,2,4,6-8,10H2,1H3. The molecule has 1 N–H and O–H groups in total. The molecule has 3 nitrogen and oxygen atoms in total. The summed E-state index contributed by atoms with van der Waals surface area (Å²) in [6.45, 7) is 2.97. The lowest BCUT2D eigenvalue weighted by atomic mass is 10.0. The molecule has 94 valence electrons. The molecule has 2 atom stereocenters. The van der Waals surface area contributed by atoms with Crippen molar-refractivity contribution < 1.29 is 9.84 Å². The van der Waals surface area contributed by atoms with Crippen molar-refractivity contribution in [3.8, 4) is 0 Å². The Hall–Kier alpha value is -0.930. The van der Waals surface area contributed by atoms with Crippen LogP contribution in [-0.2, 0) is 11.2 Å². The zero-order valence-corrected chi connectivity index (χ0v) is 10.4. The van der Waals surface area contributed by atoms with Gasteiger partial charge in [0.2, 0.25) is 0 Å². The highest BCUT2D eigenvalue weighted by Gasteiger charge is 2.19. The van der Waals surface area contributed by atoms with E-state index in [1.165, 1.54) is 0 Å². The Morgan fingerprint density at radius 2 is 2.47 bits per heavy atom. The first-order valence-corrected chi connectivity index (χ1v) is 6.54. The zero-order valence-electron chi connectivity index (χ0n) is 10.4. The van der Waals surface area contributed by atoms with Crippen LogP contribution in [0.3, 0.4) is 0 Å². The van der Waals surface area contributed by atoms with Gasteiger partial charge in [0.15, 0.2) is 0 Å². The minimum atomic E-state index is -0.449. The van der Waals surface area contributed by atoms with Crippen molar-refractivity contribution in [2.75, 3.05) is 6.61 Å². The average Bonchev–Trinajstić information content (AvgIpc) is 2.89. The van der Waals surface area contributed by atoms with Crippen molar-refractivity contribution >= 4 is 0 Å². The van der Waals surface area contributed by atoms with Crippen LogP contribution in [0.25, 0.3) is 0 Å². The molecule has 1 aliphatic heterocycles. The minimum Gasteiger partial charge on any atom is -0.387 e. The molecule has 0 amide bonds. The summed E-state index contributed by atoms with van der Waals surface area (Å²) in [5, 5.41) is 10.2. The maximum Gasteiger partial charge on any atom is 0.0963 e. The summed E-state index contributed by atoms with van der Waals surface area (Å²) in [7, 11) is 0. The molecule has 0 bridgehead atoms. The third-order valence-electron chi connectivity index (χ3n) is 3.41. The topological polar surface area (TPSA) is 42.4 Å². The summed E-state index contributed by atoms with van der Waals surface area (Å²) < 4.78 is 5.56. The largest absolute Gasteiger partial charge is 0.387 e. The van der Waals surface area contributed by atoms with Crippen molar-refractivity contribution in [3.63, 3.8) is 0 Å². The molecule has 2 rings (SSSR count). The van der Waals surface area contributed by atoms with E-state index in [9.17, 15) is 5.11 Å². The van der Waals surface area contributed by atoms with Gasteiger partial charge in [0.1, 0.15) is 0 Å². The second kappa shape index (κ2) is 6.12. The lowest BCUT2D eigenvalue weighted by Gasteiger charge is -2.15. The van der Waals surface area contributed by atoms with Gasteiger partial charge < -0.3 is 9.84 Å². The third kappa shape index (κ3) is 3.27. The van der Waals surface area contributed by atoms with E-state index in [1.54, 1.807) is 6.20 Å². The van der Waals surface area contributed by atoms with Gasteiger partial charge in [-0.1, -0.05) is 13.0 Å². The fourth-order valence-corrected chi connectivity index (χ4v) is 2.40. The molecule has 2 heterocycles. The Morgan fingerprint density at radius 3 is 3.18 bits per heavy atom. The molecule has 1 aliphatic rings. The van der Waals surface area contributed by atoms with Crippen molar-refractivity contribution in [1.82, 2.24) is 4.98 Å². The van der Waals surface area contributed by atoms with Gasteiger partial charge in [0.25, 0.3) is 0 Å². The average molecular weight is 235 g/mol. The Bertz CT molecular complexity index is 348. The number of aryl methyl sites for hydroxylation is 1. The second-order valence-corrected chi connectivity index (χ2v) is 4.63. The molecule has 0 radical (unpaired) electrons. The molecule has 3 heteroatoms. The van der Waals surface area contributed by atoms with Gasteiger partial charge in [-0.2, -0.15) is 0 Å². The lowest BCUT2D eigenvalue weighted by molar-refractivity contribution is 0.0799. The van der Waals surface area contributed by atoms with Gasteiger partial charge in [-0.15, -0.1) is 0 Å². The number of hydrogen-bond acceptors (Lipinski definition) is 3. The summed E-state index contributed by atoms with van der Waals surface area (Å²) in [4.78, 5) is 4.30. The number of hydrogen-bond donors (Lipinski definition) is 1. The summed E-state index contributed by atoms with van der Waals surface area (Å²) in [5.41, 5.74) is 1.99. The molecule has 0 aliphatic carbocycles. The van der Waals surface area contributed by atoms with Crippen LogP contribution in [0.4, 0.5) is 0 Å². The van der Waals surface area contributed by atoms with Crippen molar-refractivity contribution in [1.29, 1.82) is 0 Å². The van der Waals surface area contributed by atoms with E-state index in [2.05, 4.69) is 11.9 Å². The molecule has 1 fully saturated rings. The van der Waals surface area contributed by atoms with E-state index in [4.69, 9.17) is 4.74 Å². The molecular weight excluding hydrogens is 214 g/mol. The van der Waals surface area contributed by atoms with E-state index >= 15 is 0 Å². The maximum absolute atomic E-state index is 10.2. The SMILES string of the molecule is CCc1cccnc1C(O)CCC1CCCO1. The van der Waals surface area contributed by atoms with Crippen LogP contribution < -0.4 is 0 Å². The number of nitrogens with zero attached hydrogens (tertiary/aromatic N) is 1. The van der Waals surface area contributed by atoms with E-state index in [0.717, 1.165) is 50.0 Å². The molecule has 0 saturated carbocycles. The summed E-state index contributed by atoms with van der Waals surface area (Å²) in [6.07, 6.45) is 6.54. The smallest absolute Gasteiger partial charge is 0.0963 e. The highest BCUT2D eigenvalue weighted by atomic mass is 16.5. The molecular formula is C14H21NO2. The summed E-state index contributed by atoms with van der Waals surface area (Å²) in [5.74, 6) is 0. The molecule has 2 unspecified atom stereocenters. The fraction of sp³-hybridized carbons (Fsp3) is 0.643. The number of rotatable bonds is 5. The quantitative estimate of drug-likeness (QED) is 0.853. The Morgan fingerprint density at radius 1 is 1.59 bits per heavy atom. The Labute approximate surface area is 103 Å². The monoisotopic (exact) mass is 235 g/mol. The molecule has 17 heavy (non-hydrogen) atoms. The third-order valence-corrected chi connectivity index (χ3v) is 3.41. The normalized spacial score (nSPS) is 21.6. The van der Waals surface area contributed by atoms with E-state index in [1.807, 2.05) is 12.1 Å². The first kappa shape index (κ1) is 12.5. The fourth-order valence-electron chi connectivity index (χ4n) is 2.40. The van der Waals surface area contributed by atoms with Crippen molar-refractivity contribution in [2.24, 2.45) is 0 Å². The van der Waals surface area contributed by atoms with Crippen LogP contribution in [0.2, 0.25) is 0 Å². The predicted octanol–water partition coefficient (Wildman–Crippen LogP) is 2.64. The highest BCUT2D eigenvalue weighted by molar-refractivity contribution is 5.21. The highest BCUT2D eigenvalue weighted by Crippen LogP contribution is 2.24. The van der Waals surface area contributed by atoms with Gasteiger partial charge in [-0.3, -0.25) is 4.98 Å². The van der Waals surface area contributed by atoms with Gasteiger partial charge >= 0.3 is 0 Å². The molecule has 0 aromatic carbocycles. The number of ether oxygens (including phenoxy) is 1. The number of pyridine rings is 1. The predicted molar refractivity (Wildman–Crippen MR) is 66.8 cm³/mol. The molecule has 1 aromatic rings. The van der Waals surface area contributed by atoms with E-state index in [0.29, 0.717) is 6.10 Å². The van der Waals surface area contributed by atoms with Gasteiger partial charge in [-0.25, -0.2) is 0 Å². The van der Waals surface area contributed by atoms with Gasteiger partial charge in [-0.05, 0) is 43.7 Å². The second-order valence-electron chi connectivity index (χ2n) is 4.63. The molecule has 0 spiro atoms. The number of aliphatic hydroxyl groups excluding tert-OH is 1. The van der Waals surface area contributed by atoms with Gasteiger partial charge in [0.05, 0.1) is 17.9 Å². The van der Waals surface area contributed by atoms with E-state index in [-0.39, 0.29) is 0 Å². The Kier molecular flexibility index (Phi) is 4.51. The van der Waals surface area contributed by atoms with Crippen molar-refractivity contribution in [2.45, 2.75) is 51.2 Å². The van der Waals surface area contributed by atoms with E-state index < -0.39 is 6.10 Å². The Balaban J connectivity index is 1.91. The van der Waals surface area contributed by atoms with Crippen LogP contribution in [0.15, 0.2) is 18.3 Å². The number of aromatic nitrogens is 1. The first-order chi connectivity index (χ1) is 8.31. The van der Waals surface area contributed by atoms with Crippen LogP contribution in [0.5, 0.6) is 0 Å². The summed E-state index contributed by atoms with van der Waals surface area (Å²) in [6, 6.07) is 3.97. The summed E-state index contributed by atoms with van der Waals surface area (Å²) >= 11 is 0. The molecule has 1 saturated heterocycles. The van der Waals surface area contributed by atoms with Crippen LogP contribution >= 0.6 is 0 Å². The van der Waals surface area contributed by atoms with Crippen LogP contribution in [0.1, 0.15) is 50.0 Å². The maximum atomic E-state index is 10.2. The lowest BCUT2D eigenvalue weighted by Crippen LogP contribution is -2.10.